The first-order chi connectivity index (χ1) is 8.38. The number of carbonyl (C=O) groups excluding carboxylic acids is 1. The summed E-state index contributed by atoms with van der Waals surface area (Å²) in [6.45, 7) is 1.81. The van der Waals surface area contributed by atoms with E-state index in [0.717, 1.165) is 4.31 Å². The van der Waals surface area contributed by atoms with Gasteiger partial charge in [0, 0.05) is 6.54 Å². The molecule has 1 N–H and O–H groups in total. The Labute approximate surface area is 106 Å². The molecule has 104 valence electrons. The van der Waals surface area contributed by atoms with Crippen molar-refractivity contribution in [2.75, 3.05) is 18.9 Å². The lowest BCUT2D eigenvalue weighted by atomic mass is 10.1. The molecule has 1 fully saturated rings. The number of aliphatic carboxylic acids is 1. The van der Waals surface area contributed by atoms with E-state index in [1.54, 1.807) is 6.92 Å². The van der Waals surface area contributed by atoms with Gasteiger partial charge >= 0.3 is 11.9 Å². The normalized spacial score (nSPS) is 21.5. The van der Waals surface area contributed by atoms with Crippen molar-refractivity contribution in [3.8, 4) is 0 Å². The Morgan fingerprint density at radius 2 is 2.06 bits per heavy atom. The molecule has 1 aliphatic rings. The van der Waals surface area contributed by atoms with E-state index in [0.29, 0.717) is 12.8 Å². The summed E-state index contributed by atoms with van der Waals surface area (Å²) < 4.78 is 29.4. The van der Waals surface area contributed by atoms with Crippen LogP contribution in [0.25, 0.3) is 0 Å². The number of piperidine rings is 1. The lowest BCUT2D eigenvalue weighted by Crippen LogP contribution is -2.49. The number of ether oxygens (including phenoxy) is 1. The lowest BCUT2D eigenvalue weighted by molar-refractivity contribution is -0.143. The predicted octanol–water partition coefficient (Wildman–Crippen LogP) is -0.182. The third kappa shape index (κ3) is 3.67. The number of hydrogen-bond acceptors (Lipinski definition) is 5. The van der Waals surface area contributed by atoms with Gasteiger partial charge in [0.05, 0.1) is 6.61 Å². The highest BCUT2D eigenvalue weighted by Gasteiger charge is 2.37. The molecule has 1 heterocycles. The van der Waals surface area contributed by atoms with E-state index in [1.807, 2.05) is 0 Å². The Hall–Kier alpha value is -1.15. The van der Waals surface area contributed by atoms with Crippen LogP contribution in [0.3, 0.4) is 0 Å². The van der Waals surface area contributed by atoms with Crippen molar-refractivity contribution in [2.24, 2.45) is 0 Å². The minimum Gasteiger partial charge on any atom is -0.480 e. The summed E-state index contributed by atoms with van der Waals surface area (Å²) in [7, 11) is -3.92. The second kappa shape index (κ2) is 6.14. The summed E-state index contributed by atoms with van der Waals surface area (Å²) in [6, 6.07) is -1.07. The molecule has 0 spiro atoms. The predicted molar refractivity (Wildman–Crippen MR) is 62.4 cm³/mol. The first-order valence-corrected chi connectivity index (χ1v) is 7.37. The highest BCUT2D eigenvalue weighted by atomic mass is 32.2. The van der Waals surface area contributed by atoms with E-state index in [-0.39, 0.29) is 19.6 Å². The van der Waals surface area contributed by atoms with Gasteiger partial charge in [0.1, 0.15) is 6.04 Å². The maximum absolute atomic E-state index is 11.9. The molecule has 0 bridgehead atoms. The van der Waals surface area contributed by atoms with Crippen LogP contribution in [0, 0.1) is 0 Å². The minimum atomic E-state index is -3.92. The molecule has 1 saturated heterocycles. The molecule has 0 aromatic carbocycles. The zero-order chi connectivity index (χ0) is 13.8. The van der Waals surface area contributed by atoms with Gasteiger partial charge in [-0.15, -0.1) is 0 Å². The molecule has 1 rings (SSSR count). The maximum atomic E-state index is 11.9. The van der Waals surface area contributed by atoms with E-state index < -0.39 is 33.8 Å². The average molecular weight is 279 g/mol. The molecule has 18 heavy (non-hydrogen) atoms. The summed E-state index contributed by atoms with van der Waals surface area (Å²) in [5, 5.41) is 8.99. The summed E-state index contributed by atoms with van der Waals surface area (Å²) in [4.78, 5) is 22.2. The Morgan fingerprint density at radius 3 is 2.61 bits per heavy atom. The zero-order valence-corrected chi connectivity index (χ0v) is 11.0. The van der Waals surface area contributed by atoms with Gasteiger partial charge in [-0.2, -0.15) is 4.31 Å². The lowest BCUT2D eigenvalue weighted by Gasteiger charge is -2.31. The number of sulfonamides is 1. The van der Waals surface area contributed by atoms with E-state index in [4.69, 9.17) is 5.11 Å². The van der Waals surface area contributed by atoms with Crippen LogP contribution in [0.5, 0.6) is 0 Å². The van der Waals surface area contributed by atoms with Crippen molar-refractivity contribution >= 4 is 22.0 Å². The van der Waals surface area contributed by atoms with Crippen molar-refractivity contribution in [3.05, 3.63) is 0 Å². The smallest absolute Gasteiger partial charge is 0.322 e. The molecule has 0 saturated carbocycles. The van der Waals surface area contributed by atoms with Crippen molar-refractivity contribution in [1.82, 2.24) is 4.31 Å². The van der Waals surface area contributed by atoms with Gasteiger partial charge < -0.3 is 9.84 Å². The van der Waals surface area contributed by atoms with Gasteiger partial charge in [-0.3, -0.25) is 9.59 Å². The second-order valence-electron chi connectivity index (χ2n) is 4.02. The van der Waals surface area contributed by atoms with Crippen LogP contribution >= 0.6 is 0 Å². The quantitative estimate of drug-likeness (QED) is 0.700. The molecule has 0 amide bonds. The van der Waals surface area contributed by atoms with Crippen molar-refractivity contribution < 1.29 is 27.9 Å². The molecule has 1 unspecified atom stereocenters. The number of carboxylic acids is 1. The largest absolute Gasteiger partial charge is 0.480 e. The monoisotopic (exact) mass is 279 g/mol. The minimum absolute atomic E-state index is 0.0940. The Kier molecular flexibility index (Phi) is 5.09. The van der Waals surface area contributed by atoms with Crippen LogP contribution in [0.2, 0.25) is 0 Å². The fourth-order valence-electron chi connectivity index (χ4n) is 1.92. The van der Waals surface area contributed by atoms with Crippen molar-refractivity contribution in [1.29, 1.82) is 0 Å². The molecule has 0 radical (unpaired) electrons. The summed E-state index contributed by atoms with van der Waals surface area (Å²) in [5.74, 6) is -2.83. The van der Waals surface area contributed by atoms with Crippen LogP contribution in [0.15, 0.2) is 0 Å². The van der Waals surface area contributed by atoms with Crippen molar-refractivity contribution in [3.63, 3.8) is 0 Å². The number of hydrogen-bond donors (Lipinski definition) is 1. The molecule has 7 nitrogen and oxygen atoms in total. The summed E-state index contributed by atoms with van der Waals surface area (Å²) >= 11 is 0. The van der Waals surface area contributed by atoms with E-state index >= 15 is 0 Å². The topological polar surface area (TPSA) is 101 Å². The molecule has 1 atom stereocenters. The van der Waals surface area contributed by atoms with Crippen LogP contribution < -0.4 is 0 Å². The zero-order valence-electron chi connectivity index (χ0n) is 10.2. The SMILES string of the molecule is CCOC(=O)CS(=O)(=O)N1CCCCC1C(=O)O. The third-order valence-electron chi connectivity index (χ3n) is 2.70. The van der Waals surface area contributed by atoms with Gasteiger partial charge in [-0.1, -0.05) is 0 Å². The van der Waals surface area contributed by atoms with Gasteiger partial charge in [0.2, 0.25) is 10.0 Å². The van der Waals surface area contributed by atoms with Crippen LogP contribution in [-0.2, 0) is 24.3 Å². The highest BCUT2D eigenvalue weighted by Crippen LogP contribution is 2.21. The van der Waals surface area contributed by atoms with E-state index in [1.165, 1.54) is 0 Å². The van der Waals surface area contributed by atoms with Gasteiger partial charge in [0.15, 0.2) is 5.75 Å². The second-order valence-corrected chi connectivity index (χ2v) is 5.94. The fourth-order valence-corrected chi connectivity index (χ4v) is 3.46. The number of rotatable bonds is 5. The number of carbonyl (C=O) groups is 2. The first kappa shape index (κ1) is 14.9. The van der Waals surface area contributed by atoms with Crippen LogP contribution in [0.4, 0.5) is 0 Å². The summed E-state index contributed by atoms with van der Waals surface area (Å²) in [5.41, 5.74) is 0. The van der Waals surface area contributed by atoms with Gasteiger partial charge in [-0.05, 0) is 26.2 Å². The standard InChI is InChI=1S/C10H17NO6S/c1-2-17-9(12)7-18(15,16)11-6-4-3-5-8(11)10(13)14/h8H,2-7H2,1H3,(H,13,14). The van der Waals surface area contributed by atoms with Gasteiger partial charge in [0.25, 0.3) is 0 Å². The number of carboxylic acid groups (broad SMARTS) is 1. The first-order valence-electron chi connectivity index (χ1n) is 5.76. The summed E-state index contributed by atoms with van der Waals surface area (Å²) in [6.07, 6.45) is 1.55. The van der Waals surface area contributed by atoms with Crippen LogP contribution in [0.1, 0.15) is 26.2 Å². The Morgan fingerprint density at radius 1 is 1.39 bits per heavy atom. The molecule has 0 aromatic heterocycles. The van der Waals surface area contributed by atoms with Crippen molar-refractivity contribution in [2.45, 2.75) is 32.2 Å². The molecule has 1 aliphatic heterocycles. The Bertz CT molecular complexity index is 418. The molecular weight excluding hydrogens is 262 g/mol. The number of nitrogens with zero attached hydrogens (tertiary/aromatic N) is 1. The Balaban J connectivity index is 2.81. The maximum Gasteiger partial charge on any atom is 0.322 e. The van der Waals surface area contributed by atoms with Gasteiger partial charge in [-0.25, -0.2) is 8.42 Å². The molecule has 0 aliphatic carbocycles. The van der Waals surface area contributed by atoms with E-state index in [9.17, 15) is 18.0 Å². The number of esters is 1. The molecular formula is C10H17NO6S. The highest BCUT2D eigenvalue weighted by molar-refractivity contribution is 7.89. The fraction of sp³-hybridized carbons (Fsp3) is 0.800. The van der Waals surface area contributed by atoms with Crippen LogP contribution in [-0.4, -0.2) is 54.7 Å². The third-order valence-corrected chi connectivity index (χ3v) is 4.45. The average Bonchev–Trinajstić information content (AvgIpc) is 2.28. The molecule has 8 heteroatoms. The molecule has 0 aromatic rings. The van der Waals surface area contributed by atoms with E-state index in [2.05, 4.69) is 4.74 Å².